The van der Waals surface area contributed by atoms with Gasteiger partial charge in [-0.1, -0.05) is 0 Å². The molecule has 0 atom stereocenters. The normalized spacial score (nSPS) is 11.1. The second-order valence-corrected chi connectivity index (χ2v) is 4.88. The van der Waals surface area contributed by atoms with Gasteiger partial charge in [-0.15, -0.1) is 0 Å². The number of halogens is 1. The Morgan fingerprint density at radius 1 is 1.14 bits per heavy atom. The van der Waals surface area contributed by atoms with Crippen molar-refractivity contribution in [3.63, 3.8) is 0 Å². The zero-order valence-corrected chi connectivity index (χ0v) is 12.5. The van der Waals surface area contributed by atoms with Crippen LogP contribution in [-0.2, 0) is 0 Å². The van der Waals surface area contributed by atoms with Crippen molar-refractivity contribution in [2.45, 2.75) is 6.92 Å². The van der Waals surface area contributed by atoms with Gasteiger partial charge in [0, 0.05) is 17.3 Å². The zero-order chi connectivity index (χ0) is 16.1. The van der Waals surface area contributed by atoms with E-state index in [-0.39, 0.29) is 22.4 Å². The molecule has 4 N–H and O–H groups in total. The summed E-state index contributed by atoms with van der Waals surface area (Å²) in [6.07, 6.45) is 0. The molecule has 0 aliphatic heterocycles. The third kappa shape index (κ3) is 4.16. The lowest BCUT2D eigenvalue weighted by atomic mass is 10.1. The maximum Gasteiger partial charge on any atom is 0.191 e. The topological polar surface area (TPSA) is 76.9 Å². The van der Waals surface area contributed by atoms with Crippen molar-refractivity contribution in [2.75, 3.05) is 5.32 Å². The molecule has 7 heteroatoms. The molecule has 0 unspecified atom stereocenters. The fourth-order valence-electron chi connectivity index (χ4n) is 1.71. The highest BCUT2D eigenvalue weighted by molar-refractivity contribution is 7.80. The van der Waals surface area contributed by atoms with Gasteiger partial charge in [0.2, 0.25) is 0 Å². The fourth-order valence-corrected chi connectivity index (χ4v) is 1.88. The van der Waals surface area contributed by atoms with Crippen LogP contribution in [0.15, 0.2) is 47.6 Å². The van der Waals surface area contributed by atoms with Crippen molar-refractivity contribution < 1.29 is 14.6 Å². The number of hydrogen-bond donors (Lipinski definition) is 4. The number of aromatic hydroxyl groups is 2. The average molecular weight is 319 g/mol. The molecule has 0 bridgehead atoms. The Morgan fingerprint density at radius 2 is 1.82 bits per heavy atom. The number of phenols is 2. The van der Waals surface area contributed by atoms with Gasteiger partial charge in [0.25, 0.3) is 0 Å². The molecule has 114 valence electrons. The van der Waals surface area contributed by atoms with E-state index in [0.29, 0.717) is 17.0 Å². The molecule has 0 fully saturated rings. The fraction of sp³-hybridized carbons (Fsp3) is 0.0667. The molecule has 2 aromatic rings. The number of thiocarbonyl (C=S) groups is 1. The number of benzene rings is 2. The lowest BCUT2D eigenvalue weighted by Crippen LogP contribution is -2.24. The lowest BCUT2D eigenvalue weighted by Gasteiger charge is -2.09. The number of nitrogens with one attached hydrogen (secondary N) is 2. The van der Waals surface area contributed by atoms with E-state index in [1.807, 2.05) is 0 Å². The first-order valence-corrected chi connectivity index (χ1v) is 6.76. The number of rotatable bonds is 3. The smallest absolute Gasteiger partial charge is 0.191 e. The molecule has 0 spiro atoms. The molecule has 5 nitrogen and oxygen atoms in total. The van der Waals surface area contributed by atoms with Crippen LogP contribution in [0.4, 0.5) is 10.1 Å². The number of hydrogen-bond acceptors (Lipinski definition) is 4. The number of phenolic OH excluding ortho intramolecular Hbond substituents is 2. The number of nitrogens with zero attached hydrogens (tertiary/aromatic N) is 1. The third-order valence-electron chi connectivity index (χ3n) is 2.80. The van der Waals surface area contributed by atoms with Crippen LogP contribution in [-0.4, -0.2) is 21.0 Å². The number of anilines is 1. The van der Waals surface area contributed by atoms with E-state index < -0.39 is 0 Å². The van der Waals surface area contributed by atoms with Gasteiger partial charge in [-0.2, -0.15) is 5.10 Å². The summed E-state index contributed by atoms with van der Waals surface area (Å²) in [5, 5.41) is 26.1. The van der Waals surface area contributed by atoms with Gasteiger partial charge in [0.05, 0.1) is 5.71 Å². The van der Waals surface area contributed by atoms with Gasteiger partial charge < -0.3 is 15.5 Å². The van der Waals surface area contributed by atoms with Crippen LogP contribution in [0.1, 0.15) is 12.5 Å². The largest absolute Gasteiger partial charge is 0.508 e. The summed E-state index contributed by atoms with van der Waals surface area (Å²) >= 11 is 5.07. The van der Waals surface area contributed by atoms with Gasteiger partial charge in [0.15, 0.2) is 5.11 Å². The third-order valence-corrected chi connectivity index (χ3v) is 2.99. The van der Waals surface area contributed by atoms with E-state index in [1.165, 1.54) is 24.3 Å². The SMILES string of the molecule is CC(=NNC(=S)Nc1ccc(F)cc1)c1ccc(O)cc1O. The molecule has 0 aliphatic carbocycles. The van der Waals surface area contributed by atoms with Crippen LogP contribution in [0.5, 0.6) is 11.5 Å². The maximum absolute atomic E-state index is 12.8. The zero-order valence-electron chi connectivity index (χ0n) is 11.7. The van der Waals surface area contributed by atoms with Crippen LogP contribution in [0.3, 0.4) is 0 Å². The van der Waals surface area contributed by atoms with Crippen LogP contribution >= 0.6 is 12.2 Å². The Balaban J connectivity index is 2.00. The summed E-state index contributed by atoms with van der Waals surface area (Å²) in [7, 11) is 0. The Hall–Kier alpha value is -2.67. The summed E-state index contributed by atoms with van der Waals surface area (Å²) in [5.74, 6) is -0.447. The summed E-state index contributed by atoms with van der Waals surface area (Å²) in [6, 6.07) is 9.94. The van der Waals surface area contributed by atoms with Crippen LogP contribution < -0.4 is 10.7 Å². The minimum Gasteiger partial charge on any atom is -0.508 e. The molecule has 22 heavy (non-hydrogen) atoms. The van der Waals surface area contributed by atoms with Crippen molar-refractivity contribution in [1.82, 2.24) is 5.43 Å². The summed E-state index contributed by atoms with van der Waals surface area (Å²) in [5.41, 5.74) is 4.21. The highest BCUT2D eigenvalue weighted by Gasteiger charge is 2.06. The van der Waals surface area contributed by atoms with Crippen molar-refractivity contribution in [1.29, 1.82) is 0 Å². The summed E-state index contributed by atoms with van der Waals surface area (Å²) in [6.45, 7) is 1.68. The minimum absolute atomic E-state index is 0.0319. The molecule has 0 heterocycles. The highest BCUT2D eigenvalue weighted by Crippen LogP contribution is 2.22. The molecule has 0 amide bonds. The van der Waals surface area contributed by atoms with Crippen molar-refractivity contribution >= 4 is 28.7 Å². The van der Waals surface area contributed by atoms with Gasteiger partial charge in [-0.25, -0.2) is 4.39 Å². The molecule has 0 saturated carbocycles. The van der Waals surface area contributed by atoms with Crippen molar-refractivity contribution in [3.05, 3.63) is 53.8 Å². The van der Waals surface area contributed by atoms with E-state index in [9.17, 15) is 14.6 Å². The molecular formula is C15H14FN3O2S. The summed E-state index contributed by atoms with van der Waals surface area (Å²) in [4.78, 5) is 0. The monoisotopic (exact) mass is 319 g/mol. The van der Waals surface area contributed by atoms with E-state index in [2.05, 4.69) is 15.8 Å². The Bertz CT molecular complexity index is 717. The van der Waals surface area contributed by atoms with Gasteiger partial charge in [-0.05, 0) is 55.5 Å². The molecule has 2 rings (SSSR count). The van der Waals surface area contributed by atoms with Gasteiger partial charge >= 0.3 is 0 Å². The highest BCUT2D eigenvalue weighted by atomic mass is 32.1. The standard InChI is InChI=1S/C15H14FN3O2S/c1-9(13-7-6-12(20)8-14(13)21)18-19-15(22)17-11-4-2-10(16)3-5-11/h2-8,20-21H,1H3,(H2,17,19,22). The molecular weight excluding hydrogens is 305 g/mol. The predicted octanol–water partition coefficient (Wildman–Crippen LogP) is 2.95. The molecule has 0 saturated heterocycles. The lowest BCUT2D eigenvalue weighted by molar-refractivity contribution is 0.450. The summed E-state index contributed by atoms with van der Waals surface area (Å²) < 4.78 is 12.8. The van der Waals surface area contributed by atoms with Crippen LogP contribution in [0.2, 0.25) is 0 Å². The molecule has 0 aromatic heterocycles. The first-order valence-electron chi connectivity index (χ1n) is 6.35. The second-order valence-electron chi connectivity index (χ2n) is 4.47. The average Bonchev–Trinajstić information content (AvgIpc) is 2.47. The Labute approximate surface area is 132 Å². The minimum atomic E-state index is -0.332. The Kier molecular flexibility index (Phi) is 4.90. The van der Waals surface area contributed by atoms with E-state index in [1.54, 1.807) is 25.1 Å². The first-order chi connectivity index (χ1) is 10.5. The van der Waals surface area contributed by atoms with Crippen LogP contribution in [0, 0.1) is 5.82 Å². The van der Waals surface area contributed by atoms with Crippen molar-refractivity contribution in [3.8, 4) is 11.5 Å². The van der Waals surface area contributed by atoms with E-state index in [0.717, 1.165) is 0 Å². The Morgan fingerprint density at radius 3 is 2.45 bits per heavy atom. The molecule has 0 aliphatic rings. The maximum atomic E-state index is 12.8. The molecule has 0 radical (unpaired) electrons. The van der Waals surface area contributed by atoms with Gasteiger partial charge in [-0.3, -0.25) is 5.43 Å². The first kappa shape index (κ1) is 15.7. The van der Waals surface area contributed by atoms with E-state index in [4.69, 9.17) is 12.2 Å². The van der Waals surface area contributed by atoms with E-state index >= 15 is 0 Å². The number of hydrazone groups is 1. The van der Waals surface area contributed by atoms with Gasteiger partial charge in [0.1, 0.15) is 17.3 Å². The second kappa shape index (κ2) is 6.86. The quantitative estimate of drug-likeness (QED) is 0.397. The molecule has 2 aromatic carbocycles. The van der Waals surface area contributed by atoms with Crippen molar-refractivity contribution in [2.24, 2.45) is 5.10 Å². The van der Waals surface area contributed by atoms with Crippen LogP contribution in [0.25, 0.3) is 0 Å². The predicted molar refractivity (Wildman–Crippen MR) is 87.7 cm³/mol.